The Kier molecular flexibility index (Phi) is 4.63. The van der Waals surface area contributed by atoms with Crippen LogP contribution >= 0.6 is 24.0 Å². The fourth-order valence-corrected chi connectivity index (χ4v) is 3.08. The van der Waals surface area contributed by atoms with Crippen LogP contribution in [0.3, 0.4) is 0 Å². The molecule has 1 aliphatic rings. The van der Waals surface area contributed by atoms with Crippen molar-refractivity contribution in [3.05, 3.63) is 62.9 Å². The first-order chi connectivity index (χ1) is 12.0. The van der Waals surface area contributed by atoms with Gasteiger partial charge in [-0.3, -0.25) is 14.9 Å². The number of rotatable bonds is 4. The summed E-state index contributed by atoms with van der Waals surface area (Å²) in [4.78, 5) is 22.8. The average Bonchev–Trinajstić information content (AvgIpc) is 3.16. The molecule has 8 nitrogen and oxygen atoms in total. The molecule has 1 aromatic heterocycles. The van der Waals surface area contributed by atoms with Crippen LogP contribution in [0.25, 0.3) is 6.08 Å². The highest BCUT2D eigenvalue weighted by atomic mass is 32.2. The molecule has 0 saturated carbocycles. The molecule has 0 unspecified atom stereocenters. The standard InChI is InChI=1S/C15H9N3O5S2/c19-12-4-3-10(18(21)22)6-9(12)8-16-17-14(20)13(25-15(17)24)7-11-2-1-5-23-11/h1-8,19H/p-1/b13-7-,16-8-. The summed E-state index contributed by atoms with van der Waals surface area (Å²) in [6.07, 6.45) is 4.08. The highest BCUT2D eigenvalue weighted by molar-refractivity contribution is 8.26. The highest BCUT2D eigenvalue weighted by Crippen LogP contribution is 2.33. The molecule has 0 bridgehead atoms. The first kappa shape index (κ1) is 16.9. The van der Waals surface area contributed by atoms with E-state index in [-0.39, 0.29) is 15.6 Å². The molecule has 1 amide bonds. The molecule has 126 valence electrons. The zero-order valence-electron chi connectivity index (χ0n) is 12.3. The van der Waals surface area contributed by atoms with Crippen LogP contribution in [0, 0.1) is 10.1 Å². The monoisotopic (exact) mass is 374 g/mol. The minimum Gasteiger partial charge on any atom is -0.872 e. The molecule has 1 fully saturated rings. The Morgan fingerprint density at radius 3 is 2.84 bits per heavy atom. The number of nitrogens with zero attached hydrogens (tertiary/aromatic N) is 3. The van der Waals surface area contributed by atoms with Crippen LogP contribution in [0.2, 0.25) is 0 Å². The molecular formula is C15H8N3O5S2-. The highest BCUT2D eigenvalue weighted by Gasteiger charge is 2.32. The van der Waals surface area contributed by atoms with Gasteiger partial charge in [0.25, 0.3) is 11.6 Å². The molecule has 0 radical (unpaired) electrons. The number of hydrogen-bond acceptors (Lipinski definition) is 8. The van der Waals surface area contributed by atoms with Crippen LogP contribution < -0.4 is 5.11 Å². The number of thioether (sulfide) groups is 1. The Hall–Kier alpha value is -2.98. The molecule has 1 saturated heterocycles. The van der Waals surface area contributed by atoms with Crippen molar-refractivity contribution in [2.24, 2.45) is 5.10 Å². The maximum atomic E-state index is 12.3. The number of carbonyl (C=O) groups is 1. The summed E-state index contributed by atoms with van der Waals surface area (Å²) in [7, 11) is 0. The van der Waals surface area contributed by atoms with E-state index in [1.54, 1.807) is 12.1 Å². The molecular weight excluding hydrogens is 366 g/mol. The zero-order chi connectivity index (χ0) is 18.0. The first-order valence-corrected chi connectivity index (χ1v) is 7.99. The number of amides is 1. The topological polar surface area (TPSA) is 112 Å². The van der Waals surface area contributed by atoms with E-state index in [0.29, 0.717) is 10.7 Å². The van der Waals surface area contributed by atoms with Crippen LogP contribution in [-0.2, 0) is 4.79 Å². The molecule has 2 aromatic rings. The molecule has 25 heavy (non-hydrogen) atoms. The fourth-order valence-electron chi connectivity index (χ4n) is 1.93. The number of non-ortho nitro benzene ring substituents is 1. The van der Waals surface area contributed by atoms with E-state index in [2.05, 4.69) is 5.10 Å². The van der Waals surface area contributed by atoms with E-state index in [4.69, 9.17) is 16.6 Å². The van der Waals surface area contributed by atoms with Crippen molar-refractivity contribution >= 4 is 52.2 Å². The lowest BCUT2D eigenvalue weighted by molar-refractivity contribution is -0.385. The SMILES string of the molecule is O=C1/C(=C/c2ccco2)SC(=S)N1/N=C\c1cc([N+](=O)[O-])ccc1[O-]. The second kappa shape index (κ2) is 6.87. The van der Waals surface area contributed by atoms with E-state index in [1.807, 2.05) is 0 Å². The lowest BCUT2D eigenvalue weighted by Gasteiger charge is -2.10. The third-order valence-electron chi connectivity index (χ3n) is 3.11. The average molecular weight is 374 g/mol. The van der Waals surface area contributed by atoms with E-state index < -0.39 is 16.6 Å². The van der Waals surface area contributed by atoms with Crippen LogP contribution in [0.1, 0.15) is 11.3 Å². The number of carbonyl (C=O) groups excluding carboxylic acids is 1. The summed E-state index contributed by atoms with van der Waals surface area (Å²) in [6.45, 7) is 0. The molecule has 0 spiro atoms. The summed E-state index contributed by atoms with van der Waals surface area (Å²) >= 11 is 6.14. The summed E-state index contributed by atoms with van der Waals surface area (Å²) in [6, 6.07) is 6.62. The van der Waals surface area contributed by atoms with E-state index in [0.717, 1.165) is 41.2 Å². The van der Waals surface area contributed by atoms with Crippen LogP contribution in [0.5, 0.6) is 5.75 Å². The smallest absolute Gasteiger partial charge is 0.286 e. The normalized spacial score (nSPS) is 16.3. The molecule has 3 rings (SSSR count). The van der Waals surface area contributed by atoms with Gasteiger partial charge in [-0.2, -0.15) is 10.1 Å². The number of hydrogen-bond donors (Lipinski definition) is 0. The van der Waals surface area contributed by atoms with Crippen molar-refractivity contribution in [1.29, 1.82) is 0 Å². The summed E-state index contributed by atoms with van der Waals surface area (Å²) in [5.74, 6) is -0.434. The number of furan rings is 1. The number of thiocarbonyl (C=S) groups is 1. The Morgan fingerprint density at radius 2 is 2.16 bits per heavy atom. The Morgan fingerprint density at radius 1 is 1.36 bits per heavy atom. The fraction of sp³-hybridized carbons (Fsp3) is 0. The molecule has 1 aliphatic heterocycles. The van der Waals surface area contributed by atoms with Gasteiger partial charge in [-0.05, 0) is 29.9 Å². The second-order valence-corrected chi connectivity index (χ2v) is 6.41. The van der Waals surface area contributed by atoms with Crippen molar-refractivity contribution < 1.29 is 19.2 Å². The molecule has 2 heterocycles. The van der Waals surface area contributed by atoms with Gasteiger partial charge in [-0.25, -0.2) is 0 Å². The van der Waals surface area contributed by atoms with Crippen molar-refractivity contribution in [2.45, 2.75) is 0 Å². The number of hydrazone groups is 1. The molecule has 0 atom stereocenters. The van der Waals surface area contributed by atoms with Gasteiger partial charge in [0.05, 0.1) is 22.3 Å². The molecule has 0 N–H and O–H groups in total. The van der Waals surface area contributed by atoms with Crippen LogP contribution in [-0.4, -0.2) is 26.4 Å². The largest absolute Gasteiger partial charge is 0.872 e. The summed E-state index contributed by atoms with van der Waals surface area (Å²) in [5, 5.41) is 27.4. The van der Waals surface area contributed by atoms with Gasteiger partial charge < -0.3 is 9.52 Å². The van der Waals surface area contributed by atoms with Gasteiger partial charge in [0.1, 0.15) is 5.76 Å². The second-order valence-electron chi connectivity index (χ2n) is 4.73. The molecule has 10 heteroatoms. The van der Waals surface area contributed by atoms with Crippen molar-refractivity contribution in [2.75, 3.05) is 0 Å². The lowest BCUT2D eigenvalue weighted by Crippen LogP contribution is -2.22. The van der Waals surface area contributed by atoms with Gasteiger partial charge in [-0.15, -0.1) is 0 Å². The quantitative estimate of drug-likeness (QED) is 0.266. The Balaban J connectivity index is 1.84. The Bertz CT molecular complexity index is 921. The van der Waals surface area contributed by atoms with Crippen molar-refractivity contribution in [3.63, 3.8) is 0 Å². The maximum absolute atomic E-state index is 12.3. The minimum absolute atomic E-state index is 0.0155. The van der Waals surface area contributed by atoms with Crippen LogP contribution in [0.4, 0.5) is 5.69 Å². The first-order valence-electron chi connectivity index (χ1n) is 6.76. The van der Waals surface area contributed by atoms with E-state index >= 15 is 0 Å². The maximum Gasteiger partial charge on any atom is 0.286 e. The van der Waals surface area contributed by atoms with E-state index in [1.165, 1.54) is 12.3 Å². The van der Waals surface area contributed by atoms with Gasteiger partial charge >= 0.3 is 0 Å². The number of benzene rings is 1. The Labute approximate surface area is 150 Å². The van der Waals surface area contributed by atoms with E-state index in [9.17, 15) is 20.0 Å². The third kappa shape index (κ3) is 3.59. The summed E-state index contributed by atoms with van der Waals surface area (Å²) in [5.41, 5.74) is -0.262. The van der Waals surface area contributed by atoms with Gasteiger partial charge in [0.2, 0.25) is 0 Å². The van der Waals surface area contributed by atoms with Gasteiger partial charge in [0, 0.05) is 18.2 Å². The predicted octanol–water partition coefficient (Wildman–Crippen LogP) is 2.50. The minimum atomic E-state index is -0.623. The summed E-state index contributed by atoms with van der Waals surface area (Å²) < 4.78 is 5.33. The van der Waals surface area contributed by atoms with Gasteiger partial charge in [0.15, 0.2) is 4.32 Å². The molecule has 1 aromatic carbocycles. The van der Waals surface area contributed by atoms with Crippen LogP contribution in [0.15, 0.2) is 51.0 Å². The number of nitro groups is 1. The number of nitro benzene ring substituents is 1. The van der Waals surface area contributed by atoms with Gasteiger partial charge in [-0.1, -0.05) is 23.6 Å². The zero-order valence-corrected chi connectivity index (χ0v) is 14.0. The third-order valence-corrected chi connectivity index (χ3v) is 4.39. The van der Waals surface area contributed by atoms with Crippen molar-refractivity contribution in [3.8, 4) is 5.75 Å². The predicted molar refractivity (Wildman–Crippen MR) is 93.9 cm³/mol. The molecule has 0 aliphatic carbocycles. The van der Waals surface area contributed by atoms with Crippen molar-refractivity contribution in [1.82, 2.24) is 5.01 Å². The lowest BCUT2D eigenvalue weighted by atomic mass is 10.2.